The lowest BCUT2D eigenvalue weighted by Gasteiger charge is -2.24. The van der Waals surface area contributed by atoms with Crippen molar-refractivity contribution >= 4 is 29.3 Å². The van der Waals surface area contributed by atoms with Crippen molar-refractivity contribution < 1.29 is 9.59 Å². The number of amides is 2. The molecule has 1 atom stereocenters. The highest BCUT2D eigenvalue weighted by Gasteiger charge is 2.32. The topological polar surface area (TPSA) is 61.8 Å². The smallest absolute Gasteiger partial charge is 0.271 e. The van der Waals surface area contributed by atoms with Crippen molar-refractivity contribution in [3.8, 4) is 0 Å². The number of carbonyl (C=O) groups excluding carboxylic acids is 2. The minimum atomic E-state index is -0.242. The molecule has 0 aliphatic carbocycles. The number of nitrogens with one attached hydrogen (secondary N) is 1. The highest BCUT2D eigenvalue weighted by Crippen LogP contribution is 2.39. The van der Waals surface area contributed by atoms with Crippen LogP contribution in [0.5, 0.6) is 0 Å². The van der Waals surface area contributed by atoms with Gasteiger partial charge in [0.15, 0.2) is 0 Å². The Bertz CT molecular complexity index is 815. The quantitative estimate of drug-likeness (QED) is 0.649. The monoisotopic (exact) mass is 367 g/mol. The molecule has 0 aromatic heterocycles. The van der Waals surface area contributed by atoms with E-state index in [4.69, 9.17) is 0 Å². The largest absolute Gasteiger partial charge is 0.322 e. The van der Waals surface area contributed by atoms with Gasteiger partial charge >= 0.3 is 0 Å². The highest BCUT2D eigenvalue weighted by molar-refractivity contribution is 8.00. The van der Waals surface area contributed by atoms with Crippen LogP contribution in [-0.4, -0.2) is 28.2 Å². The lowest BCUT2D eigenvalue weighted by Crippen LogP contribution is -2.27. The molecule has 2 aromatic rings. The molecule has 5 nitrogen and oxygen atoms in total. The fraction of sp³-hybridized carbons (Fsp3) is 0.250. The zero-order valence-electron chi connectivity index (χ0n) is 14.8. The van der Waals surface area contributed by atoms with Gasteiger partial charge in [-0.05, 0) is 37.1 Å². The maximum atomic E-state index is 12.3. The minimum absolute atomic E-state index is 0.0317. The van der Waals surface area contributed by atoms with Gasteiger partial charge in [0.25, 0.3) is 5.91 Å². The third-order valence-corrected chi connectivity index (χ3v) is 5.26. The first-order valence-electron chi connectivity index (χ1n) is 8.41. The molecule has 134 valence electrons. The van der Waals surface area contributed by atoms with Gasteiger partial charge in [0, 0.05) is 17.8 Å². The Balaban J connectivity index is 1.74. The zero-order chi connectivity index (χ0) is 18.5. The van der Waals surface area contributed by atoms with Crippen LogP contribution in [0.4, 0.5) is 0 Å². The Labute approximate surface area is 157 Å². The second-order valence-corrected chi connectivity index (χ2v) is 7.36. The van der Waals surface area contributed by atoms with E-state index in [-0.39, 0.29) is 17.2 Å². The van der Waals surface area contributed by atoms with Crippen molar-refractivity contribution in [3.05, 3.63) is 71.3 Å². The summed E-state index contributed by atoms with van der Waals surface area (Å²) in [7, 11) is 0. The molecule has 1 saturated heterocycles. The molecule has 0 bridgehead atoms. The van der Waals surface area contributed by atoms with Crippen molar-refractivity contribution in [1.82, 2.24) is 10.3 Å². The van der Waals surface area contributed by atoms with E-state index in [1.807, 2.05) is 61.2 Å². The number of hydrogen-bond acceptors (Lipinski definition) is 4. The molecular formula is C20H21N3O2S. The van der Waals surface area contributed by atoms with Crippen LogP contribution >= 0.6 is 11.8 Å². The molecule has 3 rings (SSSR count). The molecule has 2 aromatic carbocycles. The van der Waals surface area contributed by atoms with Gasteiger partial charge in [-0.25, -0.2) is 5.43 Å². The lowest BCUT2D eigenvalue weighted by molar-refractivity contribution is -0.128. The molecular weight excluding hydrogens is 346 g/mol. The van der Waals surface area contributed by atoms with Crippen molar-refractivity contribution in [2.45, 2.75) is 25.8 Å². The molecule has 6 heteroatoms. The molecule has 26 heavy (non-hydrogen) atoms. The second kappa shape index (κ2) is 8.19. The average molecular weight is 367 g/mol. The van der Waals surface area contributed by atoms with Crippen LogP contribution in [0.1, 0.15) is 40.7 Å². The fourth-order valence-electron chi connectivity index (χ4n) is 2.71. The lowest BCUT2D eigenvalue weighted by atomic mass is 10.1. The van der Waals surface area contributed by atoms with Crippen LogP contribution in [0.3, 0.4) is 0 Å². The van der Waals surface area contributed by atoms with Crippen LogP contribution in [0.25, 0.3) is 0 Å². The summed E-state index contributed by atoms with van der Waals surface area (Å²) < 4.78 is 0. The number of rotatable bonds is 5. The Morgan fingerprint density at radius 1 is 1.15 bits per heavy atom. The van der Waals surface area contributed by atoms with Gasteiger partial charge in [-0.15, -0.1) is 11.8 Å². The first-order chi connectivity index (χ1) is 12.5. The number of benzene rings is 2. The van der Waals surface area contributed by atoms with E-state index < -0.39 is 0 Å². The zero-order valence-corrected chi connectivity index (χ0v) is 15.6. The first kappa shape index (κ1) is 18.2. The Morgan fingerprint density at radius 3 is 2.50 bits per heavy atom. The van der Waals surface area contributed by atoms with Gasteiger partial charge in [-0.3, -0.25) is 9.59 Å². The predicted molar refractivity (Wildman–Crippen MR) is 105 cm³/mol. The summed E-state index contributed by atoms with van der Waals surface area (Å²) in [6.45, 7) is 4.22. The summed E-state index contributed by atoms with van der Waals surface area (Å²) >= 11 is 1.61. The van der Waals surface area contributed by atoms with E-state index in [9.17, 15) is 9.59 Å². The summed E-state index contributed by atoms with van der Waals surface area (Å²) in [5.41, 5.74) is 5.97. The SMILES string of the molecule is CC(C)=NNC(=O)c1ccc([C@H]2SCC(=O)N2Cc2ccccc2)cc1. The second-order valence-electron chi connectivity index (χ2n) is 6.29. The number of thioether (sulfide) groups is 1. The fourth-order valence-corrected chi connectivity index (χ4v) is 3.90. The van der Waals surface area contributed by atoms with E-state index in [0.29, 0.717) is 17.9 Å². The summed E-state index contributed by atoms with van der Waals surface area (Å²) in [6, 6.07) is 17.3. The number of nitrogens with zero attached hydrogens (tertiary/aromatic N) is 2. The number of hydrogen-bond donors (Lipinski definition) is 1. The predicted octanol–water partition coefficient (Wildman–Crippen LogP) is 3.59. The molecule has 1 heterocycles. The van der Waals surface area contributed by atoms with Gasteiger partial charge in [0.2, 0.25) is 5.91 Å². The van der Waals surface area contributed by atoms with Gasteiger partial charge in [0.05, 0.1) is 5.75 Å². The van der Waals surface area contributed by atoms with Crippen molar-refractivity contribution in [1.29, 1.82) is 0 Å². The normalized spacial score (nSPS) is 16.5. The molecule has 2 amide bonds. The molecule has 0 saturated carbocycles. The minimum Gasteiger partial charge on any atom is -0.322 e. The van der Waals surface area contributed by atoms with Crippen LogP contribution in [-0.2, 0) is 11.3 Å². The summed E-state index contributed by atoms with van der Waals surface area (Å²) in [4.78, 5) is 26.3. The van der Waals surface area contributed by atoms with E-state index in [0.717, 1.165) is 16.8 Å². The summed E-state index contributed by atoms with van der Waals surface area (Å²) in [5.74, 6) is 0.372. The van der Waals surface area contributed by atoms with Crippen LogP contribution in [0.15, 0.2) is 59.7 Å². The average Bonchev–Trinajstić information content (AvgIpc) is 3.01. The maximum Gasteiger partial charge on any atom is 0.271 e. The maximum absolute atomic E-state index is 12.3. The van der Waals surface area contributed by atoms with Gasteiger partial charge < -0.3 is 4.90 Å². The highest BCUT2D eigenvalue weighted by atomic mass is 32.2. The van der Waals surface area contributed by atoms with E-state index in [1.54, 1.807) is 23.9 Å². The van der Waals surface area contributed by atoms with Gasteiger partial charge in [-0.1, -0.05) is 42.5 Å². The van der Waals surface area contributed by atoms with Crippen molar-refractivity contribution in [2.24, 2.45) is 5.10 Å². The van der Waals surface area contributed by atoms with E-state index in [2.05, 4.69) is 10.5 Å². The molecule has 1 aliphatic rings. The molecule has 1 fully saturated rings. The number of carbonyl (C=O) groups is 2. The van der Waals surface area contributed by atoms with Crippen molar-refractivity contribution in [3.63, 3.8) is 0 Å². The molecule has 0 radical (unpaired) electrons. The standard InChI is InChI=1S/C20H21N3O2S/c1-14(2)21-22-19(25)16-8-10-17(11-9-16)20-23(18(24)13-26-20)12-15-6-4-3-5-7-15/h3-11,20H,12-13H2,1-2H3,(H,22,25)/t20-/m1/s1. The van der Waals surface area contributed by atoms with Crippen molar-refractivity contribution in [2.75, 3.05) is 5.75 Å². The van der Waals surface area contributed by atoms with Crippen LogP contribution in [0, 0.1) is 0 Å². The summed E-state index contributed by atoms with van der Waals surface area (Å²) in [5, 5.41) is 3.90. The Hall–Kier alpha value is -2.60. The number of hydrazone groups is 1. The van der Waals surface area contributed by atoms with Crippen LogP contribution < -0.4 is 5.43 Å². The molecule has 1 N–H and O–H groups in total. The van der Waals surface area contributed by atoms with Crippen LogP contribution in [0.2, 0.25) is 0 Å². The van der Waals surface area contributed by atoms with E-state index >= 15 is 0 Å². The van der Waals surface area contributed by atoms with Gasteiger partial charge in [-0.2, -0.15) is 5.10 Å². The van der Waals surface area contributed by atoms with E-state index in [1.165, 1.54) is 0 Å². The third-order valence-electron chi connectivity index (χ3n) is 4.00. The molecule has 0 unspecified atom stereocenters. The molecule has 0 spiro atoms. The Kier molecular flexibility index (Phi) is 5.73. The van der Waals surface area contributed by atoms with Gasteiger partial charge in [0.1, 0.15) is 5.37 Å². The first-order valence-corrected chi connectivity index (χ1v) is 9.45. The third kappa shape index (κ3) is 4.32. The molecule has 1 aliphatic heterocycles. The summed E-state index contributed by atoms with van der Waals surface area (Å²) in [6.07, 6.45) is 0. The Morgan fingerprint density at radius 2 is 1.85 bits per heavy atom.